The van der Waals surface area contributed by atoms with Gasteiger partial charge in [-0.1, -0.05) is 6.07 Å². The number of rotatable bonds is 4. The molecule has 1 aromatic rings. The van der Waals surface area contributed by atoms with Crippen LogP contribution < -0.4 is 4.74 Å². The molecule has 0 radical (unpaired) electrons. The van der Waals surface area contributed by atoms with Gasteiger partial charge in [-0.2, -0.15) is 0 Å². The van der Waals surface area contributed by atoms with Gasteiger partial charge in [0.25, 0.3) is 0 Å². The SMILES string of the molecule is CCOC(=O)CC1Cc2ccc(OC)cc2C1=O. The van der Waals surface area contributed by atoms with Crippen LogP contribution in [0.15, 0.2) is 18.2 Å². The van der Waals surface area contributed by atoms with Crippen LogP contribution in [0.4, 0.5) is 0 Å². The Morgan fingerprint density at radius 2 is 2.22 bits per heavy atom. The summed E-state index contributed by atoms with van der Waals surface area (Å²) in [6, 6.07) is 5.46. The molecule has 0 bridgehead atoms. The van der Waals surface area contributed by atoms with E-state index in [0.29, 0.717) is 24.3 Å². The maximum absolute atomic E-state index is 12.1. The molecule has 0 spiro atoms. The van der Waals surface area contributed by atoms with Gasteiger partial charge in [-0.3, -0.25) is 9.59 Å². The Hall–Kier alpha value is -1.84. The molecule has 96 valence electrons. The molecular formula is C14H16O4. The first-order valence-corrected chi connectivity index (χ1v) is 6.02. The third kappa shape index (κ3) is 2.37. The summed E-state index contributed by atoms with van der Waals surface area (Å²) in [5.74, 6) is 0.0811. The lowest BCUT2D eigenvalue weighted by Crippen LogP contribution is -2.16. The fourth-order valence-corrected chi connectivity index (χ4v) is 2.25. The average Bonchev–Trinajstić information content (AvgIpc) is 2.66. The van der Waals surface area contributed by atoms with Gasteiger partial charge in [0.2, 0.25) is 0 Å². The molecule has 1 atom stereocenters. The summed E-state index contributed by atoms with van der Waals surface area (Å²) in [7, 11) is 1.57. The van der Waals surface area contributed by atoms with Crippen LogP contribution >= 0.6 is 0 Å². The lowest BCUT2D eigenvalue weighted by Gasteiger charge is -2.06. The second kappa shape index (κ2) is 5.21. The molecular weight excluding hydrogens is 232 g/mol. The lowest BCUT2D eigenvalue weighted by molar-refractivity contribution is -0.143. The Kier molecular flexibility index (Phi) is 3.65. The highest BCUT2D eigenvalue weighted by Crippen LogP contribution is 2.31. The minimum atomic E-state index is -0.310. The number of Topliss-reactive ketones (excluding diaryl/α,β-unsaturated/α-hetero) is 1. The smallest absolute Gasteiger partial charge is 0.306 e. The zero-order valence-corrected chi connectivity index (χ0v) is 10.6. The van der Waals surface area contributed by atoms with Gasteiger partial charge in [0, 0.05) is 11.5 Å². The van der Waals surface area contributed by atoms with Gasteiger partial charge in [0.05, 0.1) is 20.1 Å². The number of ketones is 1. The standard InChI is InChI=1S/C14H16O4/c1-3-18-13(15)7-10-6-9-4-5-11(17-2)8-12(9)14(10)16/h4-5,8,10H,3,6-7H2,1-2H3. The predicted molar refractivity (Wildman–Crippen MR) is 65.8 cm³/mol. The molecule has 0 amide bonds. The third-order valence-corrected chi connectivity index (χ3v) is 3.14. The maximum Gasteiger partial charge on any atom is 0.306 e. The Morgan fingerprint density at radius 1 is 1.44 bits per heavy atom. The number of hydrogen-bond donors (Lipinski definition) is 0. The minimum absolute atomic E-state index is 0.0111. The molecule has 4 heteroatoms. The van der Waals surface area contributed by atoms with Gasteiger partial charge in [-0.05, 0) is 31.0 Å². The van der Waals surface area contributed by atoms with Gasteiger partial charge in [0.15, 0.2) is 5.78 Å². The molecule has 1 aliphatic carbocycles. The van der Waals surface area contributed by atoms with Crippen molar-refractivity contribution in [3.8, 4) is 5.75 Å². The van der Waals surface area contributed by atoms with Crippen LogP contribution in [-0.4, -0.2) is 25.5 Å². The second-order valence-electron chi connectivity index (χ2n) is 4.30. The predicted octanol–water partition coefficient (Wildman–Crippen LogP) is 2.00. The molecule has 0 N–H and O–H groups in total. The number of hydrogen-bond acceptors (Lipinski definition) is 4. The quantitative estimate of drug-likeness (QED) is 0.765. The van der Waals surface area contributed by atoms with Crippen molar-refractivity contribution in [1.29, 1.82) is 0 Å². The van der Waals surface area contributed by atoms with E-state index >= 15 is 0 Å². The molecule has 0 heterocycles. The highest BCUT2D eigenvalue weighted by atomic mass is 16.5. The number of fused-ring (bicyclic) bond motifs is 1. The topological polar surface area (TPSA) is 52.6 Å². The van der Waals surface area contributed by atoms with Crippen LogP contribution in [0.2, 0.25) is 0 Å². The summed E-state index contributed by atoms with van der Waals surface area (Å²) in [4.78, 5) is 23.6. The Morgan fingerprint density at radius 3 is 2.89 bits per heavy atom. The van der Waals surface area contributed by atoms with Gasteiger partial charge in [-0.15, -0.1) is 0 Å². The Bertz CT molecular complexity index is 479. The minimum Gasteiger partial charge on any atom is -0.497 e. The first-order valence-electron chi connectivity index (χ1n) is 6.02. The molecule has 0 saturated heterocycles. The molecule has 0 aliphatic heterocycles. The summed E-state index contributed by atoms with van der Waals surface area (Å²) in [6.45, 7) is 2.11. The normalized spacial score (nSPS) is 17.4. The zero-order valence-electron chi connectivity index (χ0n) is 10.6. The number of methoxy groups -OCH3 is 1. The zero-order chi connectivity index (χ0) is 13.1. The average molecular weight is 248 g/mol. The van der Waals surface area contributed by atoms with Gasteiger partial charge in [0.1, 0.15) is 5.75 Å². The number of benzene rings is 1. The van der Waals surface area contributed by atoms with Gasteiger partial charge >= 0.3 is 5.97 Å². The number of esters is 1. The number of ether oxygens (including phenoxy) is 2. The van der Waals surface area contributed by atoms with Crippen molar-refractivity contribution >= 4 is 11.8 Å². The summed E-state index contributed by atoms with van der Waals surface area (Å²) < 4.78 is 9.98. The molecule has 1 unspecified atom stereocenters. The van der Waals surface area contributed by atoms with Crippen molar-refractivity contribution in [3.05, 3.63) is 29.3 Å². The van der Waals surface area contributed by atoms with Gasteiger partial charge < -0.3 is 9.47 Å². The van der Waals surface area contributed by atoms with Crippen LogP contribution in [0.1, 0.15) is 29.3 Å². The first kappa shape index (κ1) is 12.6. The fourth-order valence-electron chi connectivity index (χ4n) is 2.25. The molecule has 18 heavy (non-hydrogen) atoms. The highest BCUT2D eigenvalue weighted by Gasteiger charge is 2.32. The van der Waals surface area contributed by atoms with E-state index < -0.39 is 0 Å². The fraction of sp³-hybridized carbons (Fsp3) is 0.429. The Balaban J connectivity index is 2.12. The van der Waals surface area contributed by atoms with Crippen LogP contribution in [0.3, 0.4) is 0 Å². The molecule has 0 fully saturated rings. The lowest BCUT2D eigenvalue weighted by atomic mass is 10.0. The van der Waals surface area contributed by atoms with E-state index in [2.05, 4.69) is 0 Å². The maximum atomic E-state index is 12.1. The van der Waals surface area contributed by atoms with Crippen LogP contribution in [0.25, 0.3) is 0 Å². The first-order chi connectivity index (χ1) is 8.65. The molecule has 2 rings (SSSR count). The van der Waals surface area contributed by atoms with E-state index in [1.54, 1.807) is 20.1 Å². The summed E-state index contributed by atoms with van der Waals surface area (Å²) >= 11 is 0. The van der Waals surface area contributed by atoms with E-state index in [1.807, 2.05) is 12.1 Å². The van der Waals surface area contributed by atoms with Crippen molar-refractivity contribution in [2.75, 3.05) is 13.7 Å². The number of carbonyl (C=O) groups excluding carboxylic acids is 2. The van der Waals surface area contributed by atoms with Crippen LogP contribution in [0.5, 0.6) is 5.75 Å². The van der Waals surface area contributed by atoms with Gasteiger partial charge in [-0.25, -0.2) is 0 Å². The van der Waals surface area contributed by atoms with E-state index in [1.165, 1.54) is 0 Å². The molecule has 1 aromatic carbocycles. The van der Waals surface area contributed by atoms with E-state index in [0.717, 1.165) is 5.56 Å². The second-order valence-corrected chi connectivity index (χ2v) is 4.30. The van der Waals surface area contributed by atoms with E-state index in [-0.39, 0.29) is 24.1 Å². The molecule has 1 aliphatic rings. The highest BCUT2D eigenvalue weighted by molar-refractivity contribution is 6.03. The molecule has 0 aromatic heterocycles. The Labute approximate surface area is 106 Å². The van der Waals surface area contributed by atoms with E-state index in [4.69, 9.17) is 9.47 Å². The third-order valence-electron chi connectivity index (χ3n) is 3.14. The molecule has 0 saturated carbocycles. The summed E-state index contributed by atoms with van der Waals surface area (Å²) in [5.41, 5.74) is 1.65. The monoisotopic (exact) mass is 248 g/mol. The summed E-state index contributed by atoms with van der Waals surface area (Å²) in [5, 5.41) is 0. The number of carbonyl (C=O) groups is 2. The van der Waals surface area contributed by atoms with Crippen molar-refractivity contribution in [1.82, 2.24) is 0 Å². The van der Waals surface area contributed by atoms with Crippen molar-refractivity contribution < 1.29 is 19.1 Å². The van der Waals surface area contributed by atoms with Crippen molar-refractivity contribution in [2.45, 2.75) is 19.8 Å². The van der Waals surface area contributed by atoms with Crippen LogP contribution in [0, 0.1) is 5.92 Å². The summed E-state index contributed by atoms with van der Waals surface area (Å²) in [6.07, 6.45) is 0.765. The largest absolute Gasteiger partial charge is 0.497 e. The van der Waals surface area contributed by atoms with Crippen molar-refractivity contribution in [3.63, 3.8) is 0 Å². The van der Waals surface area contributed by atoms with E-state index in [9.17, 15) is 9.59 Å². The van der Waals surface area contributed by atoms with Crippen LogP contribution in [-0.2, 0) is 16.0 Å². The molecule has 4 nitrogen and oxygen atoms in total. The van der Waals surface area contributed by atoms with Crippen molar-refractivity contribution in [2.24, 2.45) is 5.92 Å².